The van der Waals surface area contributed by atoms with E-state index in [9.17, 15) is 4.79 Å². The van der Waals surface area contributed by atoms with E-state index in [0.717, 1.165) is 16.5 Å². The minimum absolute atomic E-state index is 0.106. The van der Waals surface area contributed by atoms with Gasteiger partial charge in [0.05, 0.1) is 11.9 Å². The number of amides is 1. The normalized spacial score (nSPS) is 10.5. The van der Waals surface area contributed by atoms with Gasteiger partial charge in [0.25, 0.3) is 0 Å². The highest BCUT2D eigenvalue weighted by atomic mass is 16.1. The van der Waals surface area contributed by atoms with Crippen LogP contribution in [0.5, 0.6) is 0 Å². The standard InChI is InChI=1S/C14H12N4O/c19-13(8-10-4-3-7-15-9-10)16-14-11-5-1-2-6-12(11)17-18-14/h1-7,9H,8H2,(H2,16,17,18,19). The molecule has 0 bridgehead atoms. The van der Waals surface area contributed by atoms with Crippen LogP contribution in [0.4, 0.5) is 5.82 Å². The number of rotatable bonds is 3. The van der Waals surface area contributed by atoms with Crippen LogP contribution in [0, 0.1) is 0 Å². The Morgan fingerprint density at radius 2 is 2.11 bits per heavy atom. The number of fused-ring (bicyclic) bond motifs is 1. The lowest BCUT2D eigenvalue weighted by Crippen LogP contribution is -2.14. The summed E-state index contributed by atoms with van der Waals surface area (Å²) < 4.78 is 0. The van der Waals surface area contributed by atoms with Crippen molar-refractivity contribution < 1.29 is 4.79 Å². The molecule has 5 nitrogen and oxygen atoms in total. The number of H-pyrrole nitrogens is 1. The van der Waals surface area contributed by atoms with Gasteiger partial charge in [0.15, 0.2) is 5.82 Å². The van der Waals surface area contributed by atoms with Gasteiger partial charge >= 0.3 is 0 Å². The van der Waals surface area contributed by atoms with Crippen LogP contribution in [0.1, 0.15) is 5.56 Å². The number of hydrogen-bond acceptors (Lipinski definition) is 3. The third kappa shape index (κ3) is 2.44. The van der Waals surface area contributed by atoms with Crippen LogP contribution in [0.3, 0.4) is 0 Å². The molecule has 5 heteroatoms. The molecule has 2 N–H and O–H groups in total. The average Bonchev–Trinajstić information content (AvgIpc) is 2.83. The lowest BCUT2D eigenvalue weighted by molar-refractivity contribution is -0.115. The maximum atomic E-state index is 11.9. The summed E-state index contributed by atoms with van der Waals surface area (Å²) in [4.78, 5) is 15.9. The van der Waals surface area contributed by atoms with Gasteiger partial charge in [-0.25, -0.2) is 0 Å². The molecule has 94 valence electrons. The fraction of sp³-hybridized carbons (Fsp3) is 0.0714. The lowest BCUT2D eigenvalue weighted by atomic mass is 10.2. The van der Waals surface area contributed by atoms with Crippen molar-refractivity contribution in [1.82, 2.24) is 15.2 Å². The Kier molecular flexibility index (Phi) is 2.94. The van der Waals surface area contributed by atoms with Crippen molar-refractivity contribution in [3.05, 3.63) is 54.4 Å². The van der Waals surface area contributed by atoms with Gasteiger partial charge in [-0.1, -0.05) is 18.2 Å². The Labute approximate surface area is 109 Å². The molecule has 0 radical (unpaired) electrons. The molecular formula is C14H12N4O. The van der Waals surface area contributed by atoms with E-state index in [1.165, 1.54) is 0 Å². The lowest BCUT2D eigenvalue weighted by Gasteiger charge is -2.02. The van der Waals surface area contributed by atoms with Gasteiger partial charge < -0.3 is 5.32 Å². The van der Waals surface area contributed by atoms with Crippen molar-refractivity contribution in [3.8, 4) is 0 Å². The van der Waals surface area contributed by atoms with Gasteiger partial charge in [-0.15, -0.1) is 0 Å². The minimum atomic E-state index is -0.106. The fourth-order valence-electron chi connectivity index (χ4n) is 1.92. The van der Waals surface area contributed by atoms with Crippen molar-refractivity contribution >= 4 is 22.6 Å². The molecule has 0 aliphatic rings. The first-order valence-electron chi connectivity index (χ1n) is 5.95. The van der Waals surface area contributed by atoms with E-state index in [-0.39, 0.29) is 12.3 Å². The van der Waals surface area contributed by atoms with Crippen LogP contribution in [-0.2, 0) is 11.2 Å². The largest absolute Gasteiger partial charge is 0.308 e. The monoisotopic (exact) mass is 252 g/mol. The zero-order chi connectivity index (χ0) is 13.1. The van der Waals surface area contributed by atoms with E-state index >= 15 is 0 Å². The Bertz CT molecular complexity index is 706. The Morgan fingerprint density at radius 3 is 2.95 bits per heavy atom. The van der Waals surface area contributed by atoms with E-state index in [0.29, 0.717) is 5.82 Å². The summed E-state index contributed by atoms with van der Waals surface area (Å²) in [6.45, 7) is 0. The molecule has 1 aromatic carbocycles. The highest BCUT2D eigenvalue weighted by molar-refractivity contribution is 6.00. The van der Waals surface area contributed by atoms with E-state index in [1.54, 1.807) is 12.4 Å². The van der Waals surface area contributed by atoms with Gasteiger partial charge in [0, 0.05) is 17.8 Å². The number of nitrogens with one attached hydrogen (secondary N) is 2. The molecule has 0 atom stereocenters. The topological polar surface area (TPSA) is 70.7 Å². The molecule has 0 unspecified atom stereocenters. The van der Waals surface area contributed by atoms with Gasteiger partial charge in [-0.3, -0.25) is 14.9 Å². The van der Waals surface area contributed by atoms with Gasteiger partial charge in [0.1, 0.15) is 0 Å². The highest BCUT2D eigenvalue weighted by Gasteiger charge is 2.09. The molecule has 3 rings (SSSR count). The zero-order valence-electron chi connectivity index (χ0n) is 10.1. The number of carbonyl (C=O) groups is 1. The minimum Gasteiger partial charge on any atom is -0.308 e. The summed E-state index contributed by atoms with van der Waals surface area (Å²) in [6, 6.07) is 11.3. The van der Waals surface area contributed by atoms with Crippen LogP contribution >= 0.6 is 0 Å². The molecule has 19 heavy (non-hydrogen) atoms. The molecule has 0 fully saturated rings. The number of nitrogens with zero attached hydrogens (tertiary/aromatic N) is 2. The maximum Gasteiger partial charge on any atom is 0.230 e. The quantitative estimate of drug-likeness (QED) is 0.750. The summed E-state index contributed by atoms with van der Waals surface area (Å²) in [5.74, 6) is 0.453. The molecular weight excluding hydrogens is 240 g/mol. The number of hydrogen-bond donors (Lipinski definition) is 2. The molecule has 0 saturated carbocycles. The predicted molar refractivity (Wildman–Crippen MR) is 72.7 cm³/mol. The molecule has 0 aliphatic carbocycles. The molecule has 2 aromatic heterocycles. The van der Waals surface area contributed by atoms with Crippen LogP contribution in [-0.4, -0.2) is 21.1 Å². The third-order valence-corrected chi connectivity index (χ3v) is 2.82. The maximum absolute atomic E-state index is 11.9. The molecule has 2 heterocycles. The van der Waals surface area contributed by atoms with E-state index in [1.807, 2.05) is 36.4 Å². The second kappa shape index (κ2) is 4.89. The zero-order valence-corrected chi connectivity index (χ0v) is 10.1. The second-order valence-electron chi connectivity index (χ2n) is 4.20. The average molecular weight is 252 g/mol. The summed E-state index contributed by atoms with van der Waals surface area (Å²) >= 11 is 0. The second-order valence-corrected chi connectivity index (χ2v) is 4.20. The summed E-state index contributed by atoms with van der Waals surface area (Å²) in [5.41, 5.74) is 1.78. The molecule has 0 spiro atoms. The summed E-state index contributed by atoms with van der Waals surface area (Å²) in [6.07, 6.45) is 3.65. The number of carbonyl (C=O) groups excluding carboxylic acids is 1. The van der Waals surface area contributed by atoms with Crippen molar-refractivity contribution in [2.45, 2.75) is 6.42 Å². The Morgan fingerprint density at radius 1 is 1.21 bits per heavy atom. The molecule has 0 saturated heterocycles. The molecule has 0 aliphatic heterocycles. The highest BCUT2D eigenvalue weighted by Crippen LogP contribution is 2.19. The Balaban J connectivity index is 1.76. The first-order valence-corrected chi connectivity index (χ1v) is 5.95. The number of benzene rings is 1. The van der Waals surface area contributed by atoms with Crippen molar-refractivity contribution in [1.29, 1.82) is 0 Å². The number of pyridine rings is 1. The van der Waals surface area contributed by atoms with Crippen LogP contribution in [0.2, 0.25) is 0 Å². The number of anilines is 1. The van der Waals surface area contributed by atoms with Crippen LogP contribution < -0.4 is 5.32 Å². The first kappa shape index (κ1) is 11.4. The molecule has 3 aromatic rings. The van der Waals surface area contributed by atoms with E-state index in [4.69, 9.17) is 0 Å². The molecule has 1 amide bonds. The SMILES string of the molecule is O=C(Cc1cccnc1)Nc1n[nH]c2ccccc12. The third-order valence-electron chi connectivity index (χ3n) is 2.82. The number of aromatic nitrogens is 3. The van der Waals surface area contributed by atoms with Gasteiger partial charge in [-0.05, 0) is 23.8 Å². The van der Waals surface area contributed by atoms with Crippen LogP contribution in [0.25, 0.3) is 10.9 Å². The Hall–Kier alpha value is -2.69. The fourth-order valence-corrected chi connectivity index (χ4v) is 1.92. The number of para-hydroxylation sites is 1. The predicted octanol–water partition coefficient (Wildman–Crippen LogP) is 2.14. The van der Waals surface area contributed by atoms with Crippen LogP contribution in [0.15, 0.2) is 48.8 Å². The number of aromatic amines is 1. The van der Waals surface area contributed by atoms with E-state index in [2.05, 4.69) is 20.5 Å². The van der Waals surface area contributed by atoms with Crippen molar-refractivity contribution in [2.75, 3.05) is 5.32 Å². The van der Waals surface area contributed by atoms with Gasteiger partial charge in [-0.2, -0.15) is 5.10 Å². The van der Waals surface area contributed by atoms with Crippen molar-refractivity contribution in [3.63, 3.8) is 0 Å². The van der Waals surface area contributed by atoms with Gasteiger partial charge in [0.2, 0.25) is 5.91 Å². The summed E-state index contributed by atoms with van der Waals surface area (Å²) in [7, 11) is 0. The smallest absolute Gasteiger partial charge is 0.230 e. The van der Waals surface area contributed by atoms with E-state index < -0.39 is 0 Å². The van der Waals surface area contributed by atoms with Crippen molar-refractivity contribution in [2.24, 2.45) is 0 Å². The first-order chi connectivity index (χ1) is 9.33. The summed E-state index contributed by atoms with van der Waals surface area (Å²) in [5, 5.41) is 10.7.